The van der Waals surface area contributed by atoms with Crippen LogP contribution in [-0.4, -0.2) is 23.9 Å². The van der Waals surface area contributed by atoms with Crippen molar-refractivity contribution in [1.82, 2.24) is 4.98 Å². The molecule has 2 N–H and O–H groups in total. The van der Waals surface area contributed by atoms with Crippen molar-refractivity contribution in [3.05, 3.63) is 59.5 Å². The number of pyridine rings is 1. The Labute approximate surface area is 168 Å². The largest absolute Gasteiger partial charge is 0.496 e. The fourth-order valence-corrected chi connectivity index (χ4v) is 3.10. The normalized spacial score (nSPS) is 10.6. The molecule has 0 bridgehead atoms. The molecule has 1 heterocycles. The Bertz CT molecular complexity index is 1080. The molecule has 0 saturated carbocycles. The first kappa shape index (κ1) is 20.3. The van der Waals surface area contributed by atoms with Crippen molar-refractivity contribution >= 4 is 34.1 Å². The quantitative estimate of drug-likeness (QED) is 0.554. The van der Waals surface area contributed by atoms with Gasteiger partial charge in [-0.25, -0.2) is 14.2 Å². The number of carbonyl (C=O) groups is 2. The Morgan fingerprint density at radius 2 is 1.93 bits per heavy atom. The summed E-state index contributed by atoms with van der Waals surface area (Å²) in [5.41, 5.74) is 2.08. The monoisotopic (exact) mass is 395 g/mol. The number of anilines is 2. The molecule has 6 nitrogen and oxygen atoms in total. The van der Waals surface area contributed by atoms with Crippen LogP contribution >= 0.6 is 0 Å². The van der Waals surface area contributed by atoms with E-state index in [2.05, 4.69) is 15.6 Å². The Morgan fingerprint density at radius 1 is 1.14 bits per heavy atom. The van der Waals surface area contributed by atoms with Gasteiger partial charge in [-0.2, -0.15) is 0 Å². The van der Waals surface area contributed by atoms with Crippen LogP contribution in [0, 0.1) is 12.7 Å². The van der Waals surface area contributed by atoms with E-state index in [1.54, 1.807) is 43.3 Å². The molecule has 0 aliphatic heterocycles. The van der Waals surface area contributed by atoms with E-state index in [9.17, 15) is 14.0 Å². The summed E-state index contributed by atoms with van der Waals surface area (Å²) in [7, 11) is 1.49. The molecular weight excluding hydrogens is 373 g/mol. The van der Waals surface area contributed by atoms with Crippen molar-refractivity contribution in [2.45, 2.75) is 26.7 Å². The minimum atomic E-state index is -0.514. The highest BCUT2D eigenvalue weighted by Crippen LogP contribution is 2.27. The van der Waals surface area contributed by atoms with Crippen molar-refractivity contribution in [2.24, 2.45) is 0 Å². The van der Waals surface area contributed by atoms with Gasteiger partial charge in [-0.05, 0) is 43.7 Å². The third-order valence-corrected chi connectivity index (χ3v) is 4.40. The highest BCUT2D eigenvalue weighted by Gasteiger charge is 2.15. The Morgan fingerprint density at radius 3 is 2.66 bits per heavy atom. The van der Waals surface area contributed by atoms with Gasteiger partial charge in [-0.1, -0.05) is 19.1 Å². The Balaban J connectivity index is 1.85. The summed E-state index contributed by atoms with van der Waals surface area (Å²) in [6.45, 7) is 3.65. The first-order valence-corrected chi connectivity index (χ1v) is 9.28. The third kappa shape index (κ3) is 4.51. The predicted molar refractivity (Wildman–Crippen MR) is 111 cm³/mol. The van der Waals surface area contributed by atoms with Gasteiger partial charge < -0.3 is 15.4 Å². The number of nitrogens with one attached hydrogen (secondary N) is 2. The number of amides is 2. The van der Waals surface area contributed by atoms with Gasteiger partial charge in [0.1, 0.15) is 17.1 Å². The SMILES string of the molecule is CCCC(=O)c1cc(NC(=O)Nc2cc(C)nc3c(F)cccc23)ccc1OC. The lowest BCUT2D eigenvalue weighted by Gasteiger charge is -2.13. The van der Waals surface area contributed by atoms with Gasteiger partial charge in [0, 0.05) is 23.2 Å². The van der Waals surface area contributed by atoms with E-state index in [0.717, 1.165) is 0 Å². The zero-order valence-corrected chi connectivity index (χ0v) is 16.5. The molecule has 3 rings (SSSR count). The molecule has 0 atom stereocenters. The van der Waals surface area contributed by atoms with Gasteiger partial charge in [0.15, 0.2) is 5.78 Å². The van der Waals surface area contributed by atoms with Crippen LogP contribution < -0.4 is 15.4 Å². The topological polar surface area (TPSA) is 80.3 Å². The second-order valence-corrected chi connectivity index (χ2v) is 6.61. The van der Waals surface area contributed by atoms with Gasteiger partial charge in [-0.15, -0.1) is 0 Å². The number of ether oxygens (including phenoxy) is 1. The van der Waals surface area contributed by atoms with E-state index < -0.39 is 11.8 Å². The number of methoxy groups -OCH3 is 1. The molecule has 7 heteroatoms. The summed E-state index contributed by atoms with van der Waals surface area (Å²) in [5.74, 6) is -0.0517. The van der Waals surface area contributed by atoms with Crippen LogP contribution in [0.2, 0.25) is 0 Å². The smallest absolute Gasteiger partial charge is 0.323 e. The number of halogens is 1. The number of aryl methyl sites for hydroxylation is 1. The molecule has 1 aromatic heterocycles. The van der Waals surface area contributed by atoms with Crippen molar-refractivity contribution < 1.29 is 18.7 Å². The number of hydrogen-bond donors (Lipinski definition) is 2. The molecule has 29 heavy (non-hydrogen) atoms. The lowest BCUT2D eigenvalue weighted by atomic mass is 10.0. The Kier molecular flexibility index (Phi) is 6.07. The van der Waals surface area contributed by atoms with Crippen LogP contribution in [0.5, 0.6) is 5.75 Å². The fraction of sp³-hybridized carbons (Fsp3) is 0.227. The number of para-hydroxylation sites is 1. The second kappa shape index (κ2) is 8.68. The number of hydrogen-bond acceptors (Lipinski definition) is 4. The number of nitrogens with zero attached hydrogens (tertiary/aromatic N) is 1. The zero-order valence-electron chi connectivity index (χ0n) is 16.5. The summed E-state index contributed by atoms with van der Waals surface area (Å²) >= 11 is 0. The maximum absolute atomic E-state index is 14.1. The average Bonchev–Trinajstić information content (AvgIpc) is 2.69. The van der Waals surface area contributed by atoms with Gasteiger partial charge in [0.25, 0.3) is 0 Å². The second-order valence-electron chi connectivity index (χ2n) is 6.61. The van der Waals surface area contributed by atoms with Crippen molar-refractivity contribution in [3.63, 3.8) is 0 Å². The van der Waals surface area contributed by atoms with Crippen molar-refractivity contribution in [2.75, 3.05) is 17.7 Å². The number of rotatable bonds is 6. The summed E-state index contributed by atoms with van der Waals surface area (Å²) < 4.78 is 19.3. The molecular formula is C22H22FN3O3. The van der Waals surface area contributed by atoms with Crippen LogP contribution in [0.25, 0.3) is 10.9 Å². The van der Waals surface area contributed by atoms with Gasteiger partial charge in [0.05, 0.1) is 18.4 Å². The van der Waals surface area contributed by atoms with E-state index >= 15 is 0 Å². The number of Topliss-reactive ketones (excluding diaryl/α,β-unsaturated/α-hetero) is 1. The van der Waals surface area contributed by atoms with Crippen LogP contribution in [-0.2, 0) is 0 Å². The van der Waals surface area contributed by atoms with Crippen molar-refractivity contribution in [3.8, 4) is 5.75 Å². The van der Waals surface area contributed by atoms with Crippen LogP contribution in [0.1, 0.15) is 35.8 Å². The van der Waals surface area contributed by atoms with Crippen LogP contribution in [0.4, 0.5) is 20.6 Å². The number of urea groups is 1. The highest BCUT2D eigenvalue weighted by atomic mass is 19.1. The Hall–Kier alpha value is -3.48. The number of benzene rings is 2. The van der Waals surface area contributed by atoms with Crippen LogP contribution in [0.15, 0.2) is 42.5 Å². The molecule has 0 unspecified atom stereocenters. The standard InChI is InChI=1S/C22H22FN3O3/c1-4-6-19(27)16-12-14(9-10-20(16)29-3)25-22(28)26-18-11-13(2)24-21-15(18)7-5-8-17(21)23/h5,7-12H,4,6H2,1-3H3,(H2,24,25,26,28). The molecule has 2 amide bonds. The first-order valence-electron chi connectivity index (χ1n) is 9.28. The number of aromatic nitrogens is 1. The molecule has 3 aromatic rings. The van der Waals surface area contributed by atoms with Gasteiger partial charge >= 0.3 is 6.03 Å². The molecule has 0 fully saturated rings. The van der Waals surface area contributed by atoms with E-state index in [0.29, 0.717) is 46.6 Å². The fourth-order valence-electron chi connectivity index (χ4n) is 3.10. The van der Waals surface area contributed by atoms with Crippen LogP contribution in [0.3, 0.4) is 0 Å². The van der Waals surface area contributed by atoms with Gasteiger partial charge in [0.2, 0.25) is 0 Å². The number of fused-ring (bicyclic) bond motifs is 1. The molecule has 150 valence electrons. The molecule has 2 aromatic carbocycles. The van der Waals surface area contributed by atoms with E-state index in [1.165, 1.54) is 13.2 Å². The summed E-state index contributed by atoms with van der Waals surface area (Å²) in [6, 6.07) is 10.6. The van der Waals surface area contributed by atoms with E-state index in [4.69, 9.17) is 4.74 Å². The highest BCUT2D eigenvalue weighted by molar-refractivity contribution is 6.06. The maximum atomic E-state index is 14.1. The van der Waals surface area contributed by atoms with E-state index in [-0.39, 0.29) is 11.3 Å². The average molecular weight is 395 g/mol. The predicted octanol–water partition coefficient (Wildman–Crippen LogP) is 5.32. The molecule has 0 radical (unpaired) electrons. The lowest BCUT2D eigenvalue weighted by molar-refractivity contribution is 0.0979. The first-order chi connectivity index (χ1) is 13.9. The summed E-state index contributed by atoms with van der Waals surface area (Å²) in [6.07, 6.45) is 1.10. The molecule has 0 spiro atoms. The lowest BCUT2D eigenvalue weighted by Crippen LogP contribution is -2.20. The molecule has 0 saturated heterocycles. The molecule has 0 aliphatic carbocycles. The molecule has 0 aliphatic rings. The zero-order chi connectivity index (χ0) is 21.0. The van der Waals surface area contributed by atoms with E-state index in [1.807, 2.05) is 6.92 Å². The minimum absolute atomic E-state index is 0.0559. The third-order valence-electron chi connectivity index (χ3n) is 4.40. The summed E-state index contributed by atoms with van der Waals surface area (Å²) in [5, 5.41) is 5.94. The maximum Gasteiger partial charge on any atom is 0.323 e. The van der Waals surface area contributed by atoms with Gasteiger partial charge in [-0.3, -0.25) is 4.79 Å². The number of carbonyl (C=O) groups excluding carboxylic acids is 2. The minimum Gasteiger partial charge on any atom is -0.496 e. The number of ketones is 1. The van der Waals surface area contributed by atoms with Crippen molar-refractivity contribution in [1.29, 1.82) is 0 Å². The summed E-state index contributed by atoms with van der Waals surface area (Å²) in [4.78, 5) is 29.0.